The molecule has 1 heterocycles. The molecular weight excluding hydrogens is 325 g/mol. The average Bonchev–Trinajstić information content (AvgIpc) is 2.31. The molecule has 1 rings (SSSR count). The molecule has 7 heteroatoms. The van der Waals surface area contributed by atoms with Gasteiger partial charge in [-0.2, -0.15) is 0 Å². The third-order valence-corrected chi connectivity index (χ3v) is 8.19. The van der Waals surface area contributed by atoms with E-state index in [9.17, 15) is 4.57 Å². The van der Waals surface area contributed by atoms with Gasteiger partial charge in [-0.15, -0.1) is 4.08 Å². The Bertz CT molecular complexity index is 285. The summed E-state index contributed by atoms with van der Waals surface area (Å²) in [6.45, 7) is 9.17. The van der Waals surface area contributed by atoms with Crippen molar-refractivity contribution in [3.63, 3.8) is 0 Å². The lowest BCUT2D eigenvalue weighted by Gasteiger charge is -2.41. The number of hydrogen-bond donors (Lipinski definition) is 0. The van der Waals surface area contributed by atoms with Crippen molar-refractivity contribution < 1.29 is 13.6 Å². The van der Waals surface area contributed by atoms with E-state index in [1.807, 2.05) is 13.8 Å². The van der Waals surface area contributed by atoms with Gasteiger partial charge in [0, 0.05) is 36.7 Å². The second kappa shape index (κ2) is 6.40. The Labute approximate surface area is 116 Å². The molecule has 0 aliphatic carbocycles. The highest BCUT2D eigenvalue weighted by molar-refractivity contribution is 9.49. The predicted molar refractivity (Wildman–Crippen MR) is 76.0 cm³/mol. The second-order valence-corrected chi connectivity index (χ2v) is 8.24. The molecule has 102 valence electrons. The van der Waals surface area contributed by atoms with Gasteiger partial charge in [0.2, 0.25) is 0 Å². The van der Waals surface area contributed by atoms with E-state index in [2.05, 4.69) is 28.7 Å². The van der Waals surface area contributed by atoms with Gasteiger partial charge in [-0.25, -0.2) is 4.57 Å². The first-order valence-corrected chi connectivity index (χ1v) is 10.0. The molecule has 0 unspecified atom stereocenters. The maximum absolute atomic E-state index is 12.6. The van der Waals surface area contributed by atoms with Crippen molar-refractivity contribution in [2.24, 2.45) is 5.41 Å². The molecule has 0 aromatic carbocycles. The van der Waals surface area contributed by atoms with Crippen LogP contribution in [-0.2, 0) is 13.6 Å². The minimum absolute atomic E-state index is 0.0214. The van der Waals surface area contributed by atoms with Crippen LogP contribution in [0.3, 0.4) is 0 Å². The van der Waals surface area contributed by atoms with E-state index in [1.54, 1.807) is 4.08 Å². The Morgan fingerprint density at radius 1 is 1.35 bits per heavy atom. The van der Waals surface area contributed by atoms with Gasteiger partial charge in [-0.05, 0) is 26.7 Å². The zero-order valence-corrected chi connectivity index (χ0v) is 14.1. The molecule has 0 spiro atoms. The topological polar surface area (TPSA) is 38.8 Å². The molecule has 0 bridgehead atoms. The van der Waals surface area contributed by atoms with Crippen molar-refractivity contribution in [2.45, 2.75) is 46.6 Å². The Kier molecular flexibility index (Phi) is 6.02. The van der Waals surface area contributed by atoms with E-state index in [1.165, 1.54) is 10.4 Å². The number of halogens is 1. The third-order valence-electron chi connectivity index (χ3n) is 3.32. The van der Waals surface area contributed by atoms with Gasteiger partial charge < -0.3 is 0 Å². The van der Waals surface area contributed by atoms with Gasteiger partial charge in [-0.1, -0.05) is 13.8 Å². The van der Waals surface area contributed by atoms with E-state index < -0.39 is 7.75 Å². The molecule has 1 saturated heterocycles. The molecule has 0 N–H and O–H groups in total. The quantitative estimate of drug-likeness (QED) is 0.537. The summed E-state index contributed by atoms with van der Waals surface area (Å²) in [5.41, 5.74) is 0.0214. The summed E-state index contributed by atoms with van der Waals surface area (Å²) in [5.74, 6) is 0. The minimum Gasteiger partial charge on any atom is -0.295 e. The van der Waals surface area contributed by atoms with Gasteiger partial charge in [0.1, 0.15) is 0 Å². The molecule has 17 heavy (non-hydrogen) atoms. The second-order valence-electron chi connectivity index (χ2n) is 4.69. The maximum atomic E-state index is 12.6. The predicted octanol–water partition coefficient (Wildman–Crippen LogP) is 4.62. The van der Waals surface area contributed by atoms with Gasteiger partial charge in [0.15, 0.2) is 0 Å². The van der Waals surface area contributed by atoms with Crippen molar-refractivity contribution in [3.05, 3.63) is 0 Å². The number of nitrogens with zero attached hydrogens (tertiary/aromatic N) is 1. The highest BCUT2D eigenvalue weighted by atomic mass is 79.9. The molecule has 1 fully saturated rings. The molecule has 0 radical (unpaired) electrons. The van der Waals surface area contributed by atoms with Gasteiger partial charge in [-0.3, -0.25) is 9.05 Å². The first-order chi connectivity index (χ1) is 7.93. The van der Waals surface area contributed by atoms with Crippen LogP contribution in [0, 0.1) is 5.41 Å². The van der Waals surface area contributed by atoms with Crippen LogP contribution >= 0.6 is 32.9 Å². The normalized spacial score (nSPS) is 23.2. The van der Waals surface area contributed by atoms with Crippen LogP contribution in [-0.4, -0.2) is 23.3 Å². The zero-order valence-electron chi connectivity index (χ0n) is 10.8. The minimum atomic E-state index is -3.14. The third kappa shape index (κ3) is 3.48. The van der Waals surface area contributed by atoms with E-state index in [0.29, 0.717) is 13.2 Å². The van der Waals surface area contributed by atoms with Gasteiger partial charge >= 0.3 is 7.75 Å². The summed E-state index contributed by atoms with van der Waals surface area (Å²) in [6.07, 6.45) is 1.96. The van der Waals surface area contributed by atoms with Crippen molar-refractivity contribution in [2.75, 3.05) is 13.2 Å². The Morgan fingerprint density at radius 2 is 1.82 bits per heavy atom. The Hall–Kier alpha value is 0.940. The maximum Gasteiger partial charge on any atom is 0.418 e. The van der Waals surface area contributed by atoms with Crippen molar-refractivity contribution in [3.8, 4) is 0 Å². The lowest BCUT2D eigenvalue weighted by atomic mass is 9.84. The lowest BCUT2D eigenvalue weighted by Crippen LogP contribution is -2.37. The molecule has 4 nitrogen and oxygen atoms in total. The van der Waals surface area contributed by atoms with Crippen LogP contribution in [0.5, 0.6) is 0 Å². The molecular formula is C10H21BrNO3PS. The molecule has 0 atom stereocenters. The number of rotatable bonds is 5. The van der Waals surface area contributed by atoms with E-state index in [4.69, 9.17) is 9.05 Å². The van der Waals surface area contributed by atoms with Crippen LogP contribution in [0.1, 0.15) is 40.5 Å². The smallest absolute Gasteiger partial charge is 0.295 e. The highest BCUT2D eigenvalue weighted by Gasteiger charge is 2.45. The monoisotopic (exact) mass is 345 g/mol. The van der Waals surface area contributed by atoms with E-state index in [0.717, 1.165) is 12.8 Å². The van der Waals surface area contributed by atoms with Crippen LogP contribution in [0.2, 0.25) is 0 Å². The van der Waals surface area contributed by atoms with Crippen LogP contribution in [0.15, 0.2) is 0 Å². The Balaban J connectivity index is 2.75. The van der Waals surface area contributed by atoms with Crippen LogP contribution < -0.4 is 0 Å². The summed E-state index contributed by atoms with van der Waals surface area (Å²) in [7, 11) is -1.91. The summed E-state index contributed by atoms with van der Waals surface area (Å²) in [5, 5.41) is 0. The van der Waals surface area contributed by atoms with E-state index in [-0.39, 0.29) is 11.5 Å². The molecule has 0 aromatic rings. The molecule has 1 aliphatic heterocycles. The molecule has 1 aliphatic rings. The fraction of sp³-hybridized carbons (Fsp3) is 1.00. The summed E-state index contributed by atoms with van der Waals surface area (Å²) in [4.78, 5) is 0. The lowest BCUT2D eigenvalue weighted by molar-refractivity contribution is 0.000825. The summed E-state index contributed by atoms with van der Waals surface area (Å²) in [6, 6.07) is 0.0842. The molecule has 0 aromatic heterocycles. The first-order valence-electron chi connectivity index (χ1n) is 5.90. The van der Waals surface area contributed by atoms with Crippen LogP contribution in [0.4, 0.5) is 0 Å². The van der Waals surface area contributed by atoms with Gasteiger partial charge in [0.25, 0.3) is 0 Å². The standard InChI is InChI=1S/C10H21BrNO3PS/c1-5-10(6-2)7-14-16(13,15-8-10)12(17-11)9(3)4/h9H,5-8H2,1-4H3. The van der Waals surface area contributed by atoms with Crippen molar-refractivity contribution in [1.82, 2.24) is 4.08 Å². The fourth-order valence-corrected chi connectivity index (χ4v) is 6.61. The first kappa shape index (κ1) is 16.0. The summed E-state index contributed by atoms with van der Waals surface area (Å²) < 4.78 is 25.4. The average molecular weight is 346 g/mol. The van der Waals surface area contributed by atoms with Crippen molar-refractivity contribution >= 4 is 32.9 Å². The Morgan fingerprint density at radius 3 is 2.12 bits per heavy atom. The fourth-order valence-electron chi connectivity index (χ4n) is 1.69. The summed E-state index contributed by atoms with van der Waals surface area (Å²) >= 11 is 3.26. The highest BCUT2D eigenvalue weighted by Crippen LogP contribution is 2.62. The van der Waals surface area contributed by atoms with Crippen molar-refractivity contribution in [1.29, 1.82) is 0 Å². The molecule has 0 saturated carbocycles. The van der Waals surface area contributed by atoms with Crippen LogP contribution in [0.25, 0.3) is 0 Å². The SMILES string of the molecule is CCC1(CC)COP(=O)(N(SBr)C(C)C)OC1. The largest absolute Gasteiger partial charge is 0.418 e. The molecule has 0 amide bonds. The number of hydrogen-bond acceptors (Lipinski definition) is 4. The van der Waals surface area contributed by atoms with Gasteiger partial charge in [0.05, 0.1) is 13.2 Å². The van der Waals surface area contributed by atoms with E-state index >= 15 is 0 Å². The zero-order chi connectivity index (χ0) is 13.1.